The van der Waals surface area contributed by atoms with E-state index in [-0.39, 0.29) is 0 Å². The number of hydrogen-bond donors (Lipinski definition) is 0. The minimum Gasteiger partial charge on any atom is -0.310 e. The standard InChI is InChI=1S/C24H21N/c1-3-10-18(4-2)19-15-16-24-22(17-19)21-13-8-9-14-23(21)25(24)20-11-6-5-7-12-20/h3-7,10-17H,1-2,8-9H2/b18-10+. The molecule has 0 fully saturated rings. The number of fused-ring (bicyclic) bond motifs is 3. The highest BCUT2D eigenvalue weighted by Crippen LogP contribution is 2.22. The lowest BCUT2D eigenvalue weighted by Gasteiger charge is -2.08. The van der Waals surface area contributed by atoms with Gasteiger partial charge < -0.3 is 4.57 Å². The molecule has 0 amide bonds. The molecule has 1 aliphatic carbocycles. The summed E-state index contributed by atoms with van der Waals surface area (Å²) in [6.45, 7) is 7.75. The van der Waals surface area contributed by atoms with Gasteiger partial charge in [0.15, 0.2) is 0 Å². The van der Waals surface area contributed by atoms with Gasteiger partial charge in [-0.2, -0.15) is 0 Å². The molecule has 3 aromatic rings. The van der Waals surface area contributed by atoms with E-state index >= 15 is 0 Å². The Labute approximate surface area is 148 Å². The van der Waals surface area contributed by atoms with Crippen molar-refractivity contribution < 1.29 is 0 Å². The molecule has 4 rings (SSSR count). The van der Waals surface area contributed by atoms with Gasteiger partial charge in [0.1, 0.15) is 0 Å². The Kier molecular flexibility index (Phi) is 3.99. The number of rotatable bonds is 4. The molecule has 1 heterocycles. The van der Waals surface area contributed by atoms with Crippen LogP contribution in [0, 0.1) is 0 Å². The SMILES string of the molecule is C=C/C=C(\C=C)c1ccc2c(c1)c1c(n2-c2ccccc2)=CCCC=1. The molecule has 122 valence electrons. The van der Waals surface area contributed by atoms with Crippen molar-refractivity contribution in [1.82, 2.24) is 4.57 Å². The maximum atomic E-state index is 3.94. The third-order valence-electron chi connectivity index (χ3n) is 4.76. The zero-order valence-corrected chi connectivity index (χ0v) is 14.3. The zero-order valence-electron chi connectivity index (χ0n) is 14.3. The van der Waals surface area contributed by atoms with Crippen molar-refractivity contribution in [3.05, 3.63) is 96.0 Å². The molecule has 0 aliphatic heterocycles. The maximum Gasteiger partial charge on any atom is 0.0541 e. The van der Waals surface area contributed by atoms with Crippen LogP contribution in [-0.2, 0) is 0 Å². The van der Waals surface area contributed by atoms with Crippen LogP contribution in [-0.4, -0.2) is 4.57 Å². The Balaban J connectivity index is 2.08. The fourth-order valence-electron chi connectivity index (χ4n) is 3.64. The van der Waals surface area contributed by atoms with Gasteiger partial charge in [0.05, 0.1) is 5.52 Å². The van der Waals surface area contributed by atoms with Gasteiger partial charge in [-0.1, -0.05) is 67.8 Å². The highest BCUT2D eigenvalue weighted by Gasteiger charge is 2.12. The predicted octanol–water partition coefficient (Wildman–Crippen LogP) is 4.74. The monoisotopic (exact) mass is 323 g/mol. The zero-order chi connectivity index (χ0) is 17.2. The summed E-state index contributed by atoms with van der Waals surface area (Å²) in [5.74, 6) is 0. The largest absolute Gasteiger partial charge is 0.310 e. The molecular formula is C24H21N. The van der Waals surface area contributed by atoms with Crippen molar-refractivity contribution in [3.8, 4) is 5.69 Å². The first-order valence-corrected chi connectivity index (χ1v) is 8.69. The molecule has 0 atom stereocenters. The molecule has 0 N–H and O–H groups in total. The summed E-state index contributed by atoms with van der Waals surface area (Å²) in [7, 11) is 0. The van der Waals surface area contributed by atoms with E-state index in [1.807, 2.05) is 18.2 Å². The average Bonchev–Trinajstić information content (AvgIpc) is 3.00. The molecule has 25 heavy (non-hydrogen) atoms. The molecule has 1 aliphatic rings. The van der Waals surface area contributed by atoms with Gasteiger partial charge in [-0.3, -0.25) is 0 Å². The molecule has 2 aromatic carbocycles. The van der Waals surface area contributed by atoms with Crippen LogP contribution < -0.4 is 10.6 Å². The quantitative estimate of drug-likeness (QED) is 0.611. The van der Waals surface area contributed by atoms with Gasteiger partial charge >= 0.3 is 0 Å². The van der Waals surface area contributed by atoms with Crippen LogP contribution in [0.4, 0.5) is 0 Å². The van der Waals surface area contributed by atoms with E-state index in [0.29, 0.717) is 0 Å². The van der Waals surface area contributed by atoms with E-state index in [4.69, 9.17) is 0 Å². The Morgan fingerprint density at radius 1 is 0.960 bits per heavy atom. The summed E-state index contributed by atoms with van der Waals surface area (Å²) in [5, 5.41) is 3.94. The van der Waals surface area contributed by atoms with Crippen LogP contribution in [0.15, 0.2) is 79.9 Å². The normalized spacial score (nSPS) is 13.7. The summed E-state index contributed by atoms with van der Waals surface area (Å²) in [5.41, 5.74) is 4.72. The first kappa shape index (κ1) is 15.5. The summed E-state index contributed by atoms with van der Waals surface area (Å²) in [6.07, 6.45) is 12.6. The molecule has 1 heteroatoms. The second-order valence-electron chi connectivity index (χ2n) is 6.25. The van der Waals surface area contributed by atoms with E-state index in [1.54, 1.807) is 0 Å². The highest BCUT2D eigenvalue weighted by atomic mass is 15.0. The minimum absolute atomic E-state index is 1.09. The number of hydrogen-bond acceptors (Lipinski definition) is 0. The van der Waals surface area contributed by atoms with Crippen LogP contribution in [0.3, 0.4) is 0 Å². The number of nitrogens with zero attached hydrogens (tertiary/aromatic N) is 1. The van der Waals surface area contributed by atoms with Crippen molar-refractivity contribution in [2.24, 2.45) is 0 Å². The maximum absolute atomic E-state index is 3.94. The van der Waals surface area contributed by atoms with Gasteiger partial charge in [-0.15, -0.1) is 0 Å². The second kappa shape index (κ2) is 6.45. The van der Waals surface area contributed by atoms with Crippen LogP contribution in [0.25, 0.3) is 34.3 Å². The molecule has 0 bridgehead atoms. The van der Waals surface area contributed by atoms with E-state index < -0.39 is 0 Å². The lowest BCUT2D eigenvalue weighted by atomic mass is 10.0. The van der Waals surface area contributed by atoms with Crippen molar-refractivity contribution >= 4 is 28.6 Å². The molecule has 0 saturated heterocycles. The second-order valence-corrected chi connectivity index (χ2v) is 6.25. The van der Waals surface area contributed by atoms with Crippen molar-refractivity contribution in [2.45, 2.75) is 12.8 Å². The van der Waals surface area contributed by atoms with E-state index in [1.165, 1.54) is 32.7 Å². The van der Waals surface area contributed by atoms with Gasteiger partial charge in [-0.25, -0.2) is 0 Å². The van der Waals surface area contributed by atoms with Crippen molar-refractivity contribution in [3.63, 3.8) is 0 Å². The van der Waals surface area contributed by atoms with E-state index in [0.717, 1.165) is 18.4 Å². The number of benzene rings is 2. The Morgan fingerprint density at radius 3 is 2.52 bits per heavy atom. The van der Waals surface area contributed by atoms with Crippen LogP contribution in [0.5, 0.6) is 0 Å². The predicted molar refractivity (Wildman–Crippen MR) is 109 cm³/mol. The van der Waals surface area contributed by atoms with Gasteiger partial charge in [0, 0.05) is 21.6 Å². The molecule has 1 nitrogen and oxygen atoms in total. The minimum atomic E-state index is 1.09. The Bertz CT molecular complexity index is 1110. The number of para-hydroxylation sites is 1. The van der Waals surface area contributed by atoms with Gasteiger partial charge in [0.2, 0.25) is 0 Å². The highest BCUT2D eigenvalue weighted by molar-refractivity contribution is 5.89. The molecule has 0 radical (unpaired) electrons. The van der Waals surface area contributed by atoms with E-state index in [2.05, 4.69) is 78.4 Å². The van der Waals surface area contributed by atoms with E-state index in [9.17, 15) is 0 Å². The van der Waals surface area contributed by atoms with Crippen molar-refractivity contribution in [1.29, 1.82) is 0 Å². The number of allylic oxidation sites excluding steroid dienone is 4. The van der Waals surface area contributed by atoms with Crippen LogP contribution >= 0.6 is 0 Å². The first-order valence-electron chi connectivity index (χ1n) is 8.69. The number of aromatic nitrogens is 1. The van der Waals surface area contributed by atoms with Crippen LogP contribution in [0.2, 0.25) is 0 Å². The molecule has 0 spiro atoms. The molecular weight excluding hydrogens is 302 g/mol. The molecule has 1 aromatic heterocycles. The van der Waals surface area contributed by atoms with Gasteiger partial charge in [0.25, 0.3) is 0 Å². The van der Waals surface area contributed by atoms with Gasteiger partial charge in [-0.05, 0) is 48.2 Å². The lowest BCUT2D eigenvalue weighted by molar-refractivity contribution is 1.02. The lowest BCUT2D eigenvalue weighted by Crippen LogP contribution is -2.30. The Hall–Kier alpha value is -3.06. The summed E-state index contributed by atoms with van der Waals surface area (Å²) in [6, 6.07) is 17.3. The summed E-state index contributed by atoms with van der Waals surface area (Å²) >= 11 is 0. The topological polar surface area (TPSA) is 4.93 Å². The Morgan fingerprint density at radius 2 is 1.76 bits per heavy atom. The van der Waals surface area contributed by atoms with Crippen molar-refractivity contribution in [2.75, 3.05) is 0 Å². The summed E-state index contributed by atoms with van der Waals surface area (Å²) in [4.78, 5) is 0. The first-order chi connectivity index (χ1) is 12.3. The third kappa shape index (κ3) is 2.58. The average molecular weight is 323 g/mol. The summed E-state index contributed by atoms with van der Waals surface area (Å²) < 4.78 is 2.37. The molecule has 0 unspecified atom stereocenters. The molecule has 0 saturated carbocycles. The third-order valence-corrected chi connectivity index (χ3v) is 4.76. The smallest absolute Gasteiger partial charge is 0.0541 e. The fraction of sp³-hybridized carbons (Fsp3) is 0.0833. The fourth-order valence-corrected chi connectivity index (χ4v) is 3.64. The van der Waals surface area contributed by atoms with Crippen LogP contribution in [0.1, 0.15) is 18.4 Å².